The van der Waals surface area contributed by atoms with Gasteiger partial charge in [-0.2, -0.15) is 13.2 Å². The molecule has 4 aromatic rings. The van der Waals surface area contributed by atoms with E-state index in [0.717, 1.165) is 6.07 Å². The molecule has 2 N–H and O–H groups in total. The lowest BCUT2D eigenvalue weighted by atomic mass is 10.0. The fourth-order valence-electron chi connectivity index (χ4n) is 4.37. The molecule has 208 valence electrons. The first kappa shape index (κ1) is 27.1. The van der Waals surface area contributed by atoms with Crippen LogP contribution in [0.15, 0.2) is 61.1 Å². The van der Waals surface area contributed by atoms with Crippen LogP contribution in [-0.4, -0.2) is 57.7 Å². The second-order valence-corrected chi connectivity index (χ2v) is 9.12. The molecule has 5 rings (SSSR count). The first-order valence-electron chi connectivity index (χ1n) is 12.4. The van der Waals surface area contributed by atoms with E-state index >= 15 is 0 Å². The van der Waals surface area contributed by atoms with Crippen molar-refractivity contribution in [1.29, 1.82) is 0 Å². The Morgan fingerprint density at radius 1 is 1.02 bits per heavy atom. The van der Waals surface area contributed by atoms with Gasteiger partial charge in [0.15, 0.2) is 0 Å². The summed E-state index contributed by atoms with van der Waals surface area (Å²) in [6.45, 7) is 3.57. The van der Waals surface area contributed by atoms with Gasteiger partial charge in [0.05, 0.1) is 24.3 Å². The first-order chi connectivity index (χ1) is 19.2. The van der Waals surface area contributed by atoms with Crippen LogP contribution < -0.4 is 15.4 Å². The molecular weight excluding hydrogens is 529 g/mol. The van der Waals surface area contributed by atoms with Gasteiger partial charge in [0.2, 0.25) is 11.8 Å². The molecular formula is C27H25F3N6O4. The number of rotatable bonds is 6. The number of alkyl halides is 3. The largest absolute Gasteiger partial charge is 0.439 e. The van der Waals surface area contributed by atoms with E-state index in [4.69, 9.17) is 9.47 Å². The SMILES string of the molecule is CC(=O)Nc1cc(Oc2ccc3c(ccn3C(=O)Nc3ccc(CN4CCOCC4)c(C(F)(F)F)c3)c2)ncn1. The van der Waals surface area contributed by atoms with Gasteiger partial charge in [-0.3, -0.25) is 14.3 Å². The highest BCUT2D eigenvalue weighted by Crippen LogP contribution is 2.35. The summed E-state index contributed by atoms with van der Waals surface area (Å²) in [4.78, 5) is 34.1. The zero-order valence-electron chi connectivity index (χ0n) is 21.4. The smallest absolute Gasteiger partial charge is 0.416 e. The average molecular weight is 555 g/mol. The van der Waals surface area contributed by atoms with E-state index in [1.807, 2.05) is 4.90 Å². The number of carbonyl (C=O) groups is 2. The molecule has 10 nitrogen and oxygen atoms in total. The average Bonchev–Trinajstić information content (AvgIpc) is 3.33. The molecule has 0 spiro atoms. The maximum atomic E-state index is 13.9. The molecule has 3 heterocycles. The Morgan fingerprint density at radius 3 is 2.58 bits per heavy atom. The molecule has 0 atom stereocenters. The second kappa shape index (κ2) is 11.3. The summed E-state index contributed by atoms with van der Waals surface area (Å²) >= 11 is 0. The minimum atomic E-state index is -4.58. The minimum absolute atomic E-state index is 0.0311. The van der Waals surface area contributed by atoms with Crippen LogP contribution in [0, 0.1) is 0 Å². The van der Waals surface area contributed by atoms with E-state index in [9.17, 15) is 22.8 Å². The fourth-order valence-corrected chi connectivity index (χ4v) is 4.37. The van der Waals surface area contributed by atoms with Crippen LogP contribution in [0.5, 0.6) is 11.6 Å². The van der Waals surface area contributed by atoms with Gasteiger partial charge in [0.25, 0.3) is 0 Å². The van der Waals surface area contributed by atoms with Crippen LogP contribution in [0.4, 0.5) is 29.5 Å². The number of hydrogen-bond acceptors (Lipinski definition) is 7. The number of aromatic nitrogens is 3. The van der Waals surface area contributed by atoms with Gasteiger partial charge in [-0.05, 0) is 42.0 Å². The van der Waals surface area contributed by atoms with Gasteiger partial charge >= 0.3 is 12.2 Å². The highest BCUT2D eigenvalue weighted by atomic mass is 19.4. The van der Waals surface area contributed by atoms with E-state index in [2.05, 4.69) is 20.6 Å². The number of ether oxygens (including phenoxy) is 2. The van der Waals surface area contributed by atoms with Crippen LogP contribution in [0.3, 0.4) is 0 Å². The molecule has 0 radical (unpaired) electrons. The molecule has 0 aliphatic carbocycles. The third kappa shape index (κ3) is 6.38. The fraction of sp³-hybridized carbons (Fsp3) is 0.259. The Morgan fingerprint density at radius 2 is 1.82 bits per heavy atom. The van der Waals surface area contributed by atoms with Crippen molar-refractivity contribution in [3.05, 3.63) is 72.2 Å². The maximum Gasteiger partial charge on any atom is 0.416 e. The number of hydrogen-bond donors (Lipinski definition) is 2. The number of amides is 2. The molecule has 13 heteroatoms. The molecule has 1 saturated heterocycles. The third-order valence-corrected chi connectivity index (χ3v) is 6.21. The van der Waals surface area contributed by atoms with Crippen molar-refractivity contribution in [1.82, 2.24) is 19.4 Å². The Balaban J connectivity index is 1.32. The van der Waals surface area contributed by atoms with E-state index in [0.29, 0.717) is 43.0 Å². The Bertz CT molecular complexity index is 1550. The summed E-state index contributed by atoms with van der Waals surface area (Å²) in [5.74, 6) is 0.616. The summed E-state index contributed by atoms with van der Waals surface area (Å²) < 4.78 is 54.0. The van der Waals surface area contributed by atoms with E-state index < -0.39 is 17.8 Å². The number of fused-ring (bicyclic) bond motifs is 1. The number of halogens is 3. The van der Waals surface area contributed by atoms with E-state index in [-0.39, 0.29) is 35.4 Å². The van der Waals surface area contributed by atoms with Crippen molar-refractivity contribution >= 4 is 34.3 Å². The second-order valence-electron chi connectivity index (χ2n) is 9.12. The lowest BCUT2D eigenvalue weighted by molar-refractivity contribution is -0.138. The summed E-state index contributed by atoms with van der Waals surface area (Å²) in [5, 5.41) is 5.76. The predicted octanol–water partition coefficient (Wildman–Crippen LogP) is 5.11. The van der Waals surface area contributed by atoms with Crippen molar-refractivity contribution < 1.29 is 32.2 Å². The van der Waals surface area contributed by atoms with Crippen LogP contribution >= 0.6 is 0 Å². The van der Waals surface area contributed by atoms with Gasteiger partial charge in [-0.15, -0.1) is 0 Å². The number of anilines is 2. The highest BCUT2D eigenvalue weighted by Gasteiger charge is 2.34. The lowest BCUT2D eigenvalue weighted by Gasteiger charge is -2.27. The van der Waals surface area contributed by atoms with Crippen LogP contribution in [0.2, 0.25) is 0 Å². The summed E-state index contributed by atoms with van der Waals surface area (Å²) in [7, 11) is 0. The summed E-state index contributed by atoms with van der Waals surface area (Å²) in [6, 6.07) is 11.3. The van der Waals surface area contributed by atoms with Crippen molar-refractivity contribution in [2.45, 2.75) is 19.6 Å². The Hall–Kier alpha value is -4.49. The van der Waals surface area contributed by atoms with Crippen molar-refractivity contribution in [3.8, 4) is 11.6 Å². The zero-order valence-corrected chi connectivity index (χ0v) is 21.4. The number of morpholine rings is 1. The van der Waals surface area contributed by atoms with Gasteiger partial charge in [-0.25, -0.2) is 14.8 Å². The first-order valence-corrected chi connectivity index (χ1v) is 12.4. The monoisotopic (exact) mass is 554 g/mol. The van der Waals surface area contributed by atoms with Crippen LogP contribution in [0.25, 0.3) is 10.9 Å². The van der Waals surface area contributed by atoms with Crippen molar-refractivity contribution in [2.24, 2.45) is 0 Å². The van der Waals surface area contributed by atoms with Gasteiger partial charge in [0, 0.05) is 49.9 Å². The standard InChI is InChI=1S/C27H25F3N6O4/c1-17(37)33-24-14-25(32-16-31-24)40-21-4-5-23-18(12-21)6-7-36(23)26(38)34-20-3-2-19(22(13-20)27(28,29)30)15-35-8-10-39-11-9-35/h2-7,12-14,16H,8-11,15H2,1H3,(H,34,38)(H,31,32,33,37). The normalized spacial score (nSPS) is 14.2. The number of benzene rings is 2. The molecule has 2 amide bonds. The van der Waals surface area contributed by atoms with Crippen molar-refractivity contribution in [3.63, 3.8) is 0 Å². The van der Waals surface area contributed by atoms with Gasteiger partial charge in [-0.1, -0.05) is 6.07 Å². The molecule has 1 aliphatic heterocycles. The molecule has 0 saturated carbocycles. The molecule has 1 fully saturated rings. The number of nitrogens with one attached hydrogen (secondary N) is 2. The van der Waals surface area contributed by atoms with Gasteiger partial charge < -0.3 is 20.1 Å². The summed E-state index contributed by atoms with van der Waals surface area (Å²) in [6.07, 6.45) is -1.81. The third-order valence-electron chi connectivity index (χ3n) is 6.21. The molecule has 1 aliphatic rings. The Labute approximate surface area is 226 Å². The minimum Gasteiger partial charge on any atom is -0.439 e. The van der Waals surface area contributed by atoms with E-state index in [1.165, 1.54) is 42.2 Å². The number of carbonyl (C=O) groups excluding carboxylic acids is 2. The topological polar surface area (TPSA) is 111 Å². The molecule has 2 aromatic heterocycles. The molecule has 2 aromatic carbocycles. The van der Waals surface area contributed by atoms with Gasteiger partial charge in [0.1, 0.15) is 17.9 Å². The molecule has 0 unspecified atom stereocenters. The number of nitrogens with zero attached hydrogens (tertiary/aromatic N) is 4. The van der Waals surface area contributed by atoms with E-state index in [1.54, 1.807) is 24.3 Å². The predicted molar refractivity (Wildman–Crippen MR) is 140 cm³/mol. The maximum absolute atomic E-state index is 13.9. The zero-order chi connectivity index (χ0) is 28.3. The Kier molecular flexibility index (Phi) is 7.67. The van der Waals surface area contributed by atoms with Crippen LogP contribution in [-0.2, 0) is 22.3 Å². The van der Waals surface area contributed by atoms with Crippen LogP contribution in [0.1, 0.15) is 18.1 Å². The highest BCUT2D eigenvalue weighted by molar-refractivity contribution is 5.98. The van der Waals surface area contributed by atoms with Crippen molar-refractivity contribution in [2.75, 3.05) is 36.9 Å². The summed E-state index contributed by atoms with van der Waals surface area (Å²) in [5.41, 5.74) is -0.100. The molecule has 0 bridgehead atoms. The quantitative estimate of drug-likeness (QED) is 0.341. The lowest BCUT2D eigenvalue weighted by Crippen LogP contribution is -2.36. The molecule has 40 heavy (non-hydrogen) atoms.